The lowest BCUT2D eigenvalue weighted by Crippen LogP contribution is -2.57. The highest BCUT2D eigenvalue weighted by Gasteiger charge is 2.38. The first-order chi connectivity index (χ1) is 17.6. The van der Waals surface area contributed by atoms with Gasteiger partial charge < -0.3 is 41.6 Å². The smallest absolute Gasteiger partial charge is 0.328 e. The number of H-pyrrole nitrogens is 1. The Bertz CT molecular complexity index is 1160. The molecule has 0 radical (unpaired) electrons. The van der Waals surface area contributed by atoms with E-state index in [9.17, 15) is 24.0 Å². The summed E-state index contributed by atoms with van der Waals surface area (Å²) in [5.74, 6) is -4.77. The van der Waals surface area contributed by atoms with Gasteiger partial charge in [0, 0.05) is 30.1 Å². The number of likely N-dealkylation sites (tertiary alicyclic amines) is 1. The maximum absolute atomic E-state index is 13.2. The zero-order valence-electron chi connectivity index (χ0n) is 20.1. The molecule has 2 heterocycles. The Morgan fingerprint density at radius 3 is 2.51 bits per heavy atom. The number of hydrogen-bond acceptors (Lipinski definition) is 7. The lowest BCUT2D eigenvalue weighted by molar-refractivity contribution is -0.144. The van der Waals surface area contributed by atoms with Crippen molar-refractivity contribution in [1.29, 1.82) is 0 Å². The third-order valence-electron chi connectivity index (χ3n) is 6.35. The predicted octanol–water partition coefficient (Wildman–Crippen LogP) is -1.06. The van der Waals surface area contributed by atoms with Crippen LogP contribution in [0.25, 0.3) is 10.9 Å². The van der Waals surface area contributed by atoms with Gasteiger partial charge in [0.15, 0.2) is 0 Å². The topological polar surface area (TPSA) is 215 Å². The molecular formula is C24H31N5O8. The van der Waals surface area contributed by atoms with E-state index in [2.05, 4.69) is 15.6 Å². The Morgan fingerprint density at radius 2 is 1.84 bits per heavy atom. The Hall–Kier alpha value is -3.97. The number of carbonyl (C=O) groups excluding carboxylic acids is 3. The predicted molar refractivity (Wildman–Crippen MR) is 130 cm³/mol. The minimum Gasteiger partial charge on any atom is -0.481 e. The third kappa shape index (κ3) is 6.83. The van der Waals surface area contributed by atoms with Gasteiger partial charge in [-0.15, -0.1) is 0 Å². The maximum atomic E-state index is 13.2. The molecule has 13 heteroatoms. The number of aliphatic hydroxyl groups is 1. The number of nitrogens with zero attached hydrogens (tertiary/aromatic N) is 1. The zero-order chi connectivity index (χ0) is 27.1. The summed E-state index contributed by atoms with van der Waals surface area (Å²) in [5.41, 5.74) is 8.00. The molecule has 1 aliphatic heterocycles. The summed E-state index contributed by atoms with van der Waals surface area (Å²) < 4.78 is 0. The summed E-state index contributed by atoms with van der Waals surface area (Å²) in [6.45, 7) is -0.601. The summed E-state index contributed by atoms with van der Waals surface area (Å²) in [6, 6.07) is 2.75. The fourth-order valence-corrected chi connectivity index (χ4v) is 4.40. The van der Waals surface area contributed by atoms with Crippen molar-refractivity contribution >= 4 is 40.6 Å². The van der Waals surface area contributed by atoms with E-state index >= 15 is 0 Å². The quantitative estimate of drug-likeness (QED) is 0.182. The summed E-state index contributed by atoms with van der Waals surface area (Å²) in [6.07, 6.45) is 2.09. The maximum Gasteiger partial charge on any atom is 0.328 e. The first kappa shape index (κ1) is 27.6. The Morgan fingerprint density at radius 1 is 1.11 bits per heavy atom. The van der Waals surface area contributed by atoms with Crippen LogP contribution in [0.4, 0.5) is 0 Å². The van der Waals surface area contributed by atoms with Crippen LogP contribution in [0.5, 0.6) is 0 Å². The Balaban J connectivity index is 1.68. The van der Waals surface area contributed by atoms with Gasteiger partial charge in [-0.3, -0.25) is 19.2 Å². The number of aliphatic carboxylic acids is 2. The Labute approximate surface area is 212 Å². The summed E-state index contributed by atoms with van der Waals surface area (Å²) in [4.78, 5) is 65.5. The molecule has 37 heavy (non-hydrogen) atoms. The van der Waals surface area contributed by atoms with Crippen molar-refractivity contribution < 1.29 is 39.3 Å². The van der Waals surface area contributed by atoms with E-state index in [4.69, 9.17) is 21.1 Å². The minimum atomic E-state index is -1.62. The average Bonchev–Trinajstić information content (AvgIpc) is 3.51. The van der Waals surface area contributed by atoms with Crippen LogP contribution in [0.15, 0.2) is 30.5 Å². The van der Waals surface area contributed by atoms with Gasteiger partial charge in [0.2, 0.25) is 17.7 Å². The van der Waals surface area contributed by atoms with Crippen molar-refractivity contribution in [1.82, 2.24) is 20.5 Å². The van der Waals surface area contributed by atoms with Crippen molar-refractivity contribution in [2.75, 3.05) is 13.2 Å². The normalized spacial score (nSPS) is 17.7. The molecule has 0 aliphatic carbocycles. The first-order valence-electron chi connectivity index (χ1n) is 11.9. The monoisotopic (exact) mass is 517 g/mol. The number of nitrogens with one attached hydrogen (secondary N) is 3. The number of aromatic nitrogens is 1. The van der Waals surface area contributed by atoms with Gasteiger partial charge in [-0.1, -0.05) is 18.2 Å². The van der Waals surface area contributed by atoms with Crippen molar-refractivity contribution in [3.63, 3.8) is 0 Å². The van der Waals surface area contributed by atoms with Gasteiger partial charge in [0.05, 0.1) is 12.6 Å². The number of carboxylic acids is 2. The molecule has 13 nitrogen and oxygen atoms in total. The molecule has 1 saturated heterocycles. The summed E-state index contributed by atoms with van der Waals surface area (Å²) >= 11 is 0. The van der Waals surface area contributed by atoms with E-state index in [1.165, 1.54) is 4.90 Å². The SMILES string of the molecule is NC(Cc1c[nH]c2ccccc12)C(=O)N1CCCC1C(=O)NC(CCC(=O)O)C(=O)NC(CO)C(=O)O. The molecule has 3 amide bonds. The Kier molecular flexibility index (Phi) is 9.20. The fraction of sp³-hybridized carbons (Fsp3) is 0.458. The van der Waals surface area contributed by atoms with Crippen molar-refractivity contribution in [2.45, 2.75) is 56.3 Å². The molecule has 8 N–H and O–H groups in total. The number of hydrogen-bond donors (Lipinski definition) is 7. The number of aliphatic hydroxyl groups excluding tert-OH is 1. The summed E-state index contributed by atoms with van der Waals surface area (Å²) in [7, 11) is 0. The van der Waals surface area contributed by atoms with Crippen LogP contribution in [0.2, 0.25) is 0 Å². The highest BCUT2D eigenvalue weighted by atomic mass is 16.4. The lowest BCUT2D eigenvalue weighted by atomic mass is 10.0. The van der Waals surface area contributed by atoms with Crippen LogP contribution < -0.4 is 16.4 Å². The number of benzene rings is 1. The molecule has 1 fully saturated rings. The van der Waals surface area contributed by atoms with Crippen LogP contribution in [-0.4, -0.2) is 92.2 Å². The van der Waals surface area contributed by atoms with E-state index < -0.39 is 66.9 Å². The largest absolute Gasteiger partial charge is 0.481 e. The van der Waals surface area contributed by atoms with Gasteiger partial charge in [-0.25, -0.2) is 4.79 Å². The molecule has 1 aromatic carbocycles. The number of carbonyl (C=O) groups is 5. The van der Waals surface area contributed by atoms with E-state index in [-0.39, 0.29) is 19.4 Å². The molecule has 0 spiro atoms. The third-order valence-corrected chi connectivity index (χ3v) is 6.35. The van der Waals surface area contributed by atoms with E-state index in [0.717, 1.165) is 16.5 Å². The molecular weight excluding hydrogens is 486 g/mol. The first-order valence-corrected chi connectivity index (χ1v) is 11.9. The van der Waals surface area contributed by atoms with Crippen molar-refractivity contribution in [3.05, 3.63) is 36.0 Å². The van der Waals surface area contributed by atoms with Gasteiger partial charge in [-0.05, 0) is 37.3 Å². The molecule has 1 aliphatic rings. The number of amides is 3. The minimum absolute atomic E-state index is 0.245. The van der Waals surface area contributed by atoms with Crippen LogP contribution in [0.3, 0.4) is 0 Å². The lowest BCUT2D eigenvalue weighted by Gasteiger charge is -2.28. The van der Waals surface area contributed by atoms with Gasteiger partial charge in [0.25, 0.3) is 0 Å². The zero-order valence-corrected chi connectivity index (χ0v) is 20.1. The second-order valence-electron chi connectivity index (χ2n) is 8.94. The fourth-order valence-electron chi connectivity index (χ4n) is 4.40. The van der Waals surface area contributed by atoms with E-state index in [1.54, 1.807) is 6.20 Å². The molecule has 0 bridgehead atoms. The molecule has 2 aromatic rings. The molecule has 1 aromatic heterocycles. The van der Waals surface area contributed by atoms with Crippen LogP contribution in [0.1, 0.15) is 31.2 Å². The summed E-state index contributed by atoms with van der Waals surface area (Å²) in [5, 5.41) is 32.7. The molecule has 3 rings (SSSR count). The highest BCUT2D eigenvalue weighted by Crippen LogP contribution is 2.22. The number of rotatable bonds is 12. The van der Waals surface area contributed by atoms with Crippen LogP contribution in [0, 0.1) is 0 Å². The van der Waals surface area contributed by atoms with E-state index in [0.29, 0.717) is 12.8 Å². The van der Waals surface area contributed by atoms with Crippen molar-refractivity contribution in [2.24, 2.45) is 5.73 Å². The standard InChI is InChI=1S/C24H31N5O8/c25-15(10-13-11-26-16-5-2-1-4-14(13)16)23(35)29-9-3-6-19(29)22(34)27-17(7-8-20(31)32)21(33)28-18(12-30)24(36)37/h1-2,4-5,11,15,17-19,26,30H,3,6-10,12,25H2,(H,27,34)(H,28,33)(H,31,32)(H,36,37). The van der Waals surface area contributed by atoms with Crippen molar-refractivity contribution in [3.8, 4) is 0 Å². The van der Waals surface area contributed by atoms with Gasteiger partial charge >= 0.3 is 11.9 Å². The second kappa shape index (κ2) is 12.3. The van der Waals surface area contributed by atoms with Crippen LogP contribution in [-0.2, 0) is 30.4 Å². The van der Waals surface area contributed by atoms with E-state index in [1.807, 2.05) is 24.3 Å². The number of carboxylic acid groups (broad SMARTS) is 2. The molecule has 4 unspecified atom stereocenters. The number of aromatic amines is 1. The number of fused-ring (bicyclic) bond motifs is 1. The van der Waals surface area contributed by atoms with Gasteiger partial charge in [-0.2, -0.15) is 0 Å². The molecule has 0 saturated carbocycles. The molecule has 200 valence electrons. The second-order valence-corrected chi connectivity index (χ2v) is 8.94. The average molecular weight is 518 g/mol. The number of nitrogens with two attached hydrogens (primary N) is 1. The van der Waals surface area contributed by atoms with Crippen LogP contribution >= 0.6 is 0 Å². The highest BCUT2D eigenvalue weighted by molar-refractivity contribution is 5.95. The van der Waals surface area contributed by atoms with Gasteiger partial charge in [0.1, 0.15) is 18.1 Å². The number of para-hydroxylation sites is 1. The molecule has 4 atom stereocenters.